The van der Waals surface area contributed by atoms with E-state index < -0.39 is 0 Å². The predicted molar refractivity (Wildman–Crippen MR) is 68.3 cm³/mol. The first-order chi connectivity index (χ1) is 8.79. The number of carbonyl (C=O) groups is 1. The fraction of sp³-hybridized carbons (Fsp3) is 0.231. The second-order valence-corrected chi connectivity index (χ2v) is 3.73. The minimum atomic E-state index is -0.294. The predicted octanol–water partition coefficient (Wildman–Crippen LogP) is 2.20. The van der Waals surface area contributed by atoms with E-state index in [0.717, 1.165) is 11.4 Å². The molecule has 0 saturated heterocycles. The number of hydrogen-bond donors (Lipinski definition) is 2. The van der Waals surface area contributed by atoms with Gasteiger partial charge in [-0.15, -0.1) is 0 Å². The highest BCUT2D eigenvalue weighted by Gasteiger charge is 2.05. The van der Waals surface area contributed by atoms with Gasteiger partial charge in [0, 0.05) is 11.9 Å². The molecule has 0 aliphatic rings. The molecule has 0 atom stereocenters. The van der Waals surface area contributed by atoms with Gasteiger partial charge in [0.25, 0.3) is 0 Å². The van der Waals surface area contributed by atoms with E-state index in [4.69, 9.17) is 4.74 Å². The molecule has 0 fully saturated rings. The molecule has 2 rings (SSSR count). The number of esters is 1. The first kappa shape index (κ1) is 12.2. The van der Waals surface area contributed by atoms with Gasteiger partial charge in [-0.25, -0.2) is 4.79 Å². The summed E-state index contributed by atoms with van der Waals surface area (Å²) in [5, 5.41) is 9.95. The summed E-state index contributed by atoms with van der Waals surface area (Å²) in [7, 11) is 0. The minimum Gasteiger partial charge on any atom is -0.462 e. The van der Waals surface area contributed by atoms with Crippen molar-refractivity contribution in [2.24, 2.45) is 0 Å². The summed E-state index contributed by atoms with van der Waals surface area (Å²) in [6.45, 7) is 2.84. The van der Waals surface area contributed by atoms with Gasteiger partial charge in [0.2, 0.25) is 0 Å². The molecular weight excluding hydrogens is 230 g/mol. The van der Waals surface area contributed by atoms with Crippen molar-refractivity contribution >= 4 is 11.7 Å². The van der Waals surface area contributed by atoms with Crippen molar-refractivity contribution in [2.75, 3.05) is 11.9 Å². The SMILES string of the molecule is CCOC(=O)c1ccc(NCc2ccn[nH]2)cc1. The van der Waals surface area contributed by atoms with Crippen LogP contribution in [0.1, 0.15) is 23.0 Å². The van der Waals surface area contributed by atoms with E-state index >= 15 is 0 Å². The van der Waals surface area contributed by atoms with Crippen molar-refractivity contribution in [3.05, 3.63) is 47.8 Å². The Morgan fingerprint density at radius 2 is 2.11 bits per heavy atom. The van der Waals surface area contributed by atoms with Crippen molar-refractivity contribution in [3.8, 4) is 0 Å². The number of anilines is 1. The van der Waals surface area contributed by atoms with Crippen molar-refractivity contribution in [1.29, 1.82) is 0 Å². The Labute approximate surface area is 105 Å². The van der Waals surface area contributed by atoms with Crippen molar-refractivity contribution in [1.82, 2.24) is 10.2 Å². The van der Waals surface area contributed by atoms with Crippen LogP contribution in [0.15, 0.2) is 36.5 Å². The highest BCUT2D eigenvalue weighted by molar-refractivity contribution is 5.89. The second kappa shape index (κ2) is 5.86. The van der Waals surface area contributed by atoms with Gasteiger partial charge >= 0.3 is 5.97 Å². The zero-order valence-corrected chi connectivity index (χ0v) is 10.1. The molecule has 0 spiro atoms. The van der Waals surface area contributed by atoms with Crippen molar-refractivity contribution in [2.45, 2.75) is 13.5 Å². The lowest BCUT2D eigenvalue weighted by atomic mass is 10.2. The van der Waals surface area contributed by atoms with Crippen LogP contribution < -0.4 is 5.32 Å². The number of carbonyl (C=O) groups excluding carboxylic acids is 1. The molecule has 2 N–H and O–H groups in total. The number of nitrogens with zero attached hydrogens (tertiary/aromatic N) is 1. The minimum absolute atomic E-state index is 0.294. The van der Waals surface area contributed by atoms with Crippen LogP contribution in [-0.4, -0.2) is 22.8 Å². The smallest absolute Gasteiger partial charge is 0.338 e. The number of hydrogen-bond acceptors (Lipinski definition) is 4. The summed E-state index contributed by atoms with van der Waals surface area (Å²) in [5.74, 6) is -0.294. The number of ether oxygens (including phenoxy) is 1. The lowest BCUT2D eigenvalue weighted by Crippen LogP contribution is -2.05. The first-order valence-electron chi connectivity index (χ1n) is 5.79. The average molecular weight is 245 g/mol. The van der Waals surface area contributed by atoms with Crippen LogP contribution in [0, 0.1) is 0 Å². The van der Waals surface area contributed by atoms with E-state index in [0.29, 0.717) is 18.7 Å². The molecule has 0 aliphatic heterocycles. The van der Waals surface area contributed by atoms with Crippen LogP contribution in [0.5, 0.6) is 0 Å². The van der Waals surface area contributed by atoms with Crippen LogP contribution in [0.25, 0.3) is 0 Å². The Balaban J connectivity index is 1.93. The monoisotopic (exact) mass is 245 g/mol. The standard InChI is InChI=1S/C13H15N3O2/c1-2-18-13(17)10-3-5-11(6-4-10)14-9-12-7-8-15-16-12/h3-8,14H,2,9H2,1H3,(H,15,16). The molecule has 0 radical (unpaired) electrons. The highest BCUT2D eigenvalue weighted by atomic mass is 16.5. The van der Waals surface area contributed by atoms with Crippen LogP contribution in [0.2, 0.25) is 0 Å². The maximum Gasteiger partial charge on any atom is 0.338 e. The Kier molecular flexibility index (Phi) is 3.96. The normalized spacial score (nSPS) is 10.1. The third-order valence-corrected chi connectivity index (χ3v) is 2.44. The Hall–Kier alpha value is -2.30. The van der Waals surface area contributed by atoms with E-state index in [1.165, 1.54) is 0 Å². The quantitative estimate of drug-likeness (QED) is 0.792. The molecule has 0 unspecified atom stereocenters. The van der Waals surface area contributed by atoms with Crippen molar-refractivity contribution < 1.29 is 9.53 Å². The Bertz CT molecular complexity index is 491. The summed E-state index contributed by atoms with van der Waals surface area (Å²) >= 11 is 0. The van der Waals surface area contributed by atoms with Gasteiger partial charge in [-0.05, 0) is 37.3 Å². The third kappa shape index (κ3) is 3.10. The number of H-pyrrole nitrogens is 1. The number of rotatable bonds is 5. The molecule has 1 aromatic carbocycles. The molecule has 2 aromatic rings. The van der Waals surface area contributed by atoms with E-state index in [2.05, 4.69) is 15.5 Å². The molecule has 18 heavy (non-hydrogen) atoms. The zero-order valence-electron chi connectivity index (χ0n) is 10.1. The second-order valence-electron chi connectivity index (χ2n) is 3.73. The van der Waals surface area contributed by atoms with Crippen LogP contribution in [-0.2, 0) is 11.3 Å². The third-order valence-electron chi connectivity index (χ3n) is 2.44. The topological polar surface area (TPSA) is 67.0 Å². The summed E-state index contributed by atoms with van der Waals surface area (Å²) in [6, 6.07) is 9.09. The van der Waals surface area contributed by atoms with Gasteiger partial charge in [-0.2, -0.15) is 5.10 Å². The fourth-order valence-electron chi connectivity index (χ4n) is 1.52. The average Bonchev–Trinajstić information content (AvgIpc) is 2.90. The van der Waals surface area contributed by atoms with Gasteiger partial charge in [0.05, 0.1) is 24.4 Å². The Morgan fingerprint density at radius 3 is 2.72 bits per heavy atom. The number of nitrogens with one attached hydrogen (secondary N) is 2. The summed E-state index contributed by atoms with van der Waals surface area (Å²) < 4.78 is 4.91. The zero-order chi connectivity index (χ0) is 12.8. The lowest BCUT2D eigenvalue weighted by Gasteiger charge is -2.06. The van der Waals surface area contributed by atoms with Gasteiger partial charge in [-0.1, -0.05) is 0 Å². The van der Waals surface area contributed by atoms with Crippen molar-refractivity contribution in [3.63, 3.8) is 0 Å². The van der Waals surface area contributed by atoms with Gasteiger partial charge in [0.15, 0.2) is 0 Å². The van der Waals surface area contributed by atoms with Gasteiger partial charge in [0.1, 0.15) is 0 Å². The van der Waals surface area contributed by atoms with Crippen LogP contribution in [0.3, 0.4) is 0 Å². The molecule has 94 valence electrons. The van der Waals surface area contributed by atoms with Crippen LogP contribution >= 0.6 is 0 Å². The number of benzene rings is 1. The lowest BCUT2D eigenvalue weighted by molar-refractivity contribution is 0.0526. The fourth-order valence-corrected chi connectivity index (χ4v) is 1.52. The molecule has 0 amide bonds. The summed E-state index contributed by atoms with van der Waals surface area (Å²) in [4.78, 5) is 11.4. The summed E-state index contributed by atoms with van der Waals surface area (Å²) in [5.41, 5.74) is 2.51. The molecular formula is C13H15N3O2. The van der Waals surface area contributed by atoms with E-state index in [-0.39, 0.29) is 5.97 Å². The van der Waals surface area contributed by atoms with E-state index in [1.807, 2.05) is 18.2 Å². The van der Waals surface area contributed by atoms with E-state index in [9.17, 15) is 4.79 Å². The highest BCUT2D eigenvalue weighted by Crippen LogP contribution is 2.11. The number of aromatic nitrogens is 2. The molecule has 0 saturated carbocycles. The maximum atomic E-state index is 11.4. The summed E-state index contributed by atoms with van der Waals surface area (Å²) in [6.07, 6.45) is 1.71. The maximum absolute atomic E-state index is 11.4. The molecule has 5 heteroatoms. The molecule has 1 heterocycles. The molecule has 1 aromatic heterocycles. The molecule has 5 nitrogen and oxygen atoms in total. The first-order valence-corrected chi connectivity index (χ1v) is 5.79. The molecule has 0 aliphatic carbocycles. The van der Waals surface area contributed by atoms with E-state index in [1.54, 1.807) is 25.3 Å². The Morgan fingerprint density at radius 1 is 1.33 bits per heavy atom. The number of aromatic amines is 1. The van der Waals surface area contributed by atoms with Gasteiger partial charge < -0.3 is 10.1 Å². The largest absolute Gasteiger partial charge is 0.462 e. The van der Waals surface area contributed by atoms with Crippen LogP contribution in [0.4, 0.5) is 5.69 Å². The van der Waals surface area contributed by atoms with Gasteiger partial charge in [-0.3, -0.25) is 5.10 Å². The molecule has 0 bridgehead atoms.